The average molecular weight is 358 g/mol. The van der Waals surface area contributed by atoms with Gasteiger partial charge in [-0.3, -0.25) is 14.5 Å². The van der Waals surface area contributed by atoms with Crippen molar-refractivity contribution in [2.24, 2.45) is 5.92 Å². The SMILES string of the molecule is COCC(=O)N1CCCCC1c1nc(C)c2c(n1)N(CC1CC1)C(=O)C2. The Morgan fingerprint density at radius 2 is 2.04 bits per heavy atom. The van der Waals surface area contributed by atoms with Crippen molar-refractivity contribution >= 4 is 17.6 Å². The lowest BCUT2D eigenvalue weighted by atomic mass is 10.0. The maximum absolute atomic E-state index is 12.5. The van der Waals surface area contributed by atoms with Crippen LogP contribution in [-0.2, 0) is 20.7 Å². The van der Waals surface area contributed by atoms with E-state index >= 15 is 0 Å². The number of nitrogens with zero attached hydrogens (tertiary/aromatic N) is 4. The Hall–Kier alpha value is -2.02. The molecule has 1 saturated carbocycles. The second kappa shape index (κ2) is 6.95. The fourth-order valence-electron chi connectivity index (χ4n) is 4.00. The predicted octanol–water partition coefficient (Wildman–Crippen LogP) is 1.78. The highest BCUT2D eigenvalue weighted by Crippen LogP contribution is 2.37. The molecule has 3 heterocycles. The summed E-state index contributed by atoms with van der Waals surface area (Å²) in [4.78, 5) is 38.1. The van der Waals surface area contributed by atoms with Gasteiger partial charge < -0.3 is 9.64 Å². The highest BCUT2D eigenvalue weighted by atomic mass is 16.5. The van der Waals surface area contributed by atoms with E-state index < -0.39 is 0 Å². The summed E-state index contributed by atoms with van der Waals surface area (Å²) in [6.07, 6.45) is 5.67. The predicted molar refractivity (Wildman–Crippen MR) is 95.7 cm³/mol. The average Bonchev–Trinajstić information content (AvgIpc) is 3.40. The topological polar surface area (TPSA) is 75.6 Å². The van der Waals surface area contributed by atoms with E-state index in [4.69, 9.17) is 14.7 Å². The lowest BCUT2D eigenvalue weighted by molar-refractivity contribution is -0.139. The summed E-state index contributed by atoms with van der Waals surface area (Å²) >= 11 is 0. The Kier molecular flexibility index (Phi) is 4.65. The number of anilines is 1. The van der Waals surface area contributed by atoms with E-state index in [-0.39, 0.29) is 24.5 Å². The van der Waals surface area contributed by atoms with Gasteiger partial charge in [-0.25, -0.2) is 9.97 Å². The Balaban J connectivity index is 1.66. The number of carbonyl (C=O) groups is 2. The number of amides is 2. The van der Waals surface area contributed by atoms with Gasteiger partial charge in [-0.1, -0.05) is 0 Å². The van der Waals surface area contributed by atoms with Gasteiger partial charge in [0.25, 0.3) is 0 Å². The van der Waals surface area contributed by atoms with Crippen molar-refractivity contribution in [2.75, 3.05) is 31.7 Å². The molecular formula is C19H26N4O3. The molecule has 0 N–H and O–H groups in total. The number of likely N-dealkylation sites (tertiary alicyclic amines) is 1. The quantitative estimate of drug-likeness (QED) is 0.802. The third-order valence-electron chi connectivity index (χ3n) is 5.62. The first kappa shape index (κ1) is 17.4. The zero-order chi connectivity index (χ0) is 18.3. The Bertz CT molecular complexity index is 732. The third kappa shape index (κ3) is 3.20. The van der Waals surface area contributed by atoms with E-state index in [2.05, 4.69) is 0 Å². The van der Waals surface area contributed by atoms with Crippen LogP contribution in [0.3, 0.4) is 0 Å². The van der Waals surface area contributed by atoms with Gasteiger partial charge in [-0.15, -0.1) is 0 Å². The number of ether oxygens (including phenoxy) is 1. The number of hydrogen-bond acceptors (Lipinski definition) is 5. The van der Waals surface area contributed by atoms with Crippen molar-refractivity contribution in [1.82, 2.24) is 14.9 Å². The minimum atomic E-state index is -0.131. The molecule has 0 bridgehead atoms. The number of fused-ring (bicyclic) bond motifs is 1. The van der Waals surface area contributed by atoms with Crippen LogP contribution in [0, 0.1) is 12.8 Å². The number of piperidine rings is 1. The standard InChI is InChI=1S/C19H26N4O3/c1-12-14-9-16(24)23(10-13-6-7-13)19(14)21-18(20-12)15-5-3-4-8-22(15)17(25)11-26-2/h13,15H,3-11H2,1-2H3. The van der Waals surface area contributed by atoms with Gasteiger partial charge in [0.1, 0.15) is 12.4 Å². The highest BCUT2D eigenvalue weighted by molar-refractivity contribution is 6.00. The summed E-state index contributed by atoms with van der Waals surface area (Å²) in [7, 11) is 1.54. The van der Waals surface area contributed by atoms with Crippen LogP contribution in [0.2, 0.25) is 0 Å². The van der Waals surface area contributed by atoms with Crippen molar-refractivity contribution in [3.05, 3.63) is 17.1 Å². The molecule has 7 heteroatoms. The van der Waals surface area contributed by atoms with Crippen LogP contribution < -0.4 is 4.90 Å². The van der Waals surface area contributed by atoms with E-state index in [1.54, 1.807) is 0 Å². The van der Waals surface area contributed by atoms with Crippen LogP contribution >= 0.6 is 0 Å². The summed E-state index contributed by atoms with van der Waals surface area (Å²) in [6.45, 7) is 3.49. The van der Waals surface area contributed by atoms with Crippen molar-refractivity contribution in [3.8, 4) is 0 Å². The van der Waals surface area contributed by atoms with Crippen LogP contribution in [0.4, 0.5) is 5.82 Å². The second-order valence-electron chi connectivity index (χ2n) is 7.63. The number of hydrogen-bond donors (Lipinski definition) is 0. The minimum Gasteiger partial charge on any atom is -0.375 e. The largest absolute Gasteiger partial charge is 0.375 e. The Morgan fingerprint density at radius 3 is 2.77 bits per heavy atom. The van der Waals surface area contributed by atoms with Gasteiger partial charge in [0, 0.05) is 31.5 Å². The molecule has 0 aromatic carbocycles. The van der Waals surface area contributed by atoms with E-state index in [1.807, 2.05) is 16.7 Å². The molecule has 1 atom stereocenters. The lowest BCUT2D eigenvalue weighted by Gasteiger charge is -2.35. The van der Waals surface area contributed by atoms with Crippen LogP contribution in [0.15, 0.2) is 0 Å². The molecule has 4 rings (SSSR count). The van der Waals surface area contributed by atoms with E-state index in [0.29, 0.717) is 24.7 Å². The third-order valence-corrected chi connectivity index (χ3v) is 5.62. The van der Waals surface area contributed by atoms with Crippen molar-refractivity contribution in [3.63, 3.8) is 0 Å². The van der Waals surface area contributed by atoms with E-state index in [1.165, 1.54) is 20.0 Å². The summed E-state index contributed by atoms with van der Waals surface area (Å²) in [5.41, 5.74) is 1.81. The van der Waals surface area contributed by atoms with Crippen molar-refractivity contribution in [2.45, 2.75) is 51.5 Å². The number of carbonyl (C=O) groups excluding carboxylic acids is 2. The molecule has 7 nitrogen and oxygen atoms in total. The molecule has 0 spiro atoms. The maximum Gasteiger partial charge on any atom is 0.249 e. The molecule has 26 heavy (non-hydrogen) atoms. The van der Waals surface area contributed by atoms with Gasteiger partial charge in [-0.2, -0.15) is 0 Å². The normalized spacial score (nSPS) is 22.7. The fraction of sp³-hybridized carbons (Fsp3) is 0.684. The van der Waals surface area contributed by atoms with Crippen LogP contribution in [0.5, 0.6) is 0 Å². The molecule has 0 radical (unpaired) electrons. The van der Waals surface area contributed by atoms with Gasteiger partial charge >= 0.3 is 0 Å². The smallest absolute Gasteiger partial charge is 0.249 e. The second-order valence-corrected chi connectivity index (χ2v) is 7.63. The lowest BCUT2D eigenvalue weighted by Crippen LogP contribution is -2.41. The monoisotopic (exact) mass is 358 g/mol. The molecule has 1 saturated heterocycles. The molecule has 2 fully saturated rings. The molecule has 1 aliphatic carbocycles. The number of aromatic nitrogens is 2. The first-order valence-electron chi connectivity index (χ1n) is 9.54. The van der Waals surface area contributed by atoms with E-state index in [9.17, 15) is 9.59 Å². The summed E-state index contributed by atoms with van der Waals surface area (Å²) in [5.74, 6) is 2.15. The number of aryl methyl sites for hydroxylation is 1. The number of rotatable bonds is 5. The summed E-state index contributed by atoms with van der Waals surface area (Å²) in [5, 5.41) is 0. The molecule has 3 aliphatic rings. The van der Waals surface area contributed by atoms with Crippen LogP contribution in [0.1, 0.15) is 55.2 Å². The van der Waals surface area contributed by atoms with Crippen molar-refractivity contribution < 1.29 is 14.3 Å². The Labute approximate surface area is 153 Å². The van der Waals surface area contributed by atoms with Crippen LogP contribution in [0.25, 0.3) is 0 Å². The van der Waals surface area contributed by atoms with Gasteiger partial charge in [0.2, 0.25) is 11.8 Å². The molecule has 1 aromatic rings. The fourth-order valence-corrected chi connectivity index (χ4v) is 4.00. The molecule has 2 aliphatic heterocycles. The molecule has 140 valence electrons. The molecule has 2 amide bonds. The summed E-state index contributed by atoms with van der Waals surface area (Å²) < 4.78 is 5.04. The van der Waals surface area contributed by atoms with Gasteiger partial charge in [-0.05, 0) is 44.9 Å². The van der Waals surface area contributed by atoms with Crippen molar-refractivity contribution in [1.29, 1.82) is 0 Å². The molecular weight excluding hydrogens is 332 g/mol. The number of methoxy groups -OCH3 is 1. The first-order chi connectivity index (χ1) is 12.6. The first-order valence-corrected chi connectivity index (χ1v) is 9.54. The van der Waals surface area contributed by atoms with Gasteiger partial charge in [0.05, 0.1) is 12.5 Å². The maximum atomic E-state index is 12.5. The van der Waals surface area contributed by atoms with Crippen LogP contribution in [-0.4, -0.2) is 53.5 Å². The molecule has 1 unspecified atom stereocenters. The highest BCUT2D eigenvalue weighted by Gasteiger charge is 2.37. The van der Waals surface area contributed by atoms with E-state index in [0.717, 1.165) is 42.9 Å². The zero-order valence-electron chi connectivity index (χ0n) is 15.5. The Morgan fingerprint density at radius 1 is 1.23 bits per heavy atom. The zero-order valence-corrected chi connectivity index (χ0v) is 15.5. The summed E-state index contributed by atoms with van der Waals surface area (Å²) in [6, 6.07) is -0.131. The molecule has 1 aromatic heterocycles. The minimum absolute atomic E-state index is 0.0233. The van der Waals surface area contributed by atoms with Gasteiger partial charge in [0.15, 0.2) is 5.82 Å².